The zero-order valence-electron chi connectivity index (χ0n) is 12.7. The van der Waals surface area contributed by atoms with Gasteiger partial charge in [0.1, 0.15) is 5.76 Å². The molecule has 0 spiro atoms. The molecule has 128 valence electrons. The fraction of sp³-hybridized carbons (Fsp3) is 0.250. The lowest BCUT2D eigenvalue weighted by Crippen LogP contribution is -2.41. The van der Waals surface area contributed by atoms with Crippen molar-refractivity contribution in [3.63, 3.8) is 0 Å². The molecule has 2 rings (SSSR count). The number of amides is 2. The summed E-state index contributed by atoms with van der Waals surface area (Å²) in [7, 11) is 0. The molecule has 1 heterocycles. The number of anilines is 1. The topological polar surface area (TPSA) is 71.3 Å². The van der Waals surface area contributed by atoms with E-state index in [1.807, 2.05) is 0 Å². The van der Waals surface area contributed by atoms with E-state index < -0.39 is 23.6 Å². The van der Waals surface area contributed by atoms with Crippen molar-refractivity contribution in [1.29, 1.82) is 0 Å². The first-order valence-electron chi connectivity index (χ1n) is 7.07. The predicted octanol–water partition coefficient (Wildman–Crippen LogP) is 2.98. The molecule has 1 atom stereocenters. The molecule has 0 radical (unpaired) electrons. The molecule has 0 saturated heterocycles. The van der Waals surface area contributed by atoms with Gasteiger partial charge in [0, 0.05) is 18.2 Å². The van der Waals surface area contributed by atoms with Crippen molar-refractivity contribution >= 4 is 17.5 Å². The van der Waals surface area contributed by atoms with Gasteiger partial charge in [-0.05, 0) is 43.3 Å². The Morgan fingerprint density at radius 2 is 1.79 bits per heavy atom. The lowest BCUT2D eigenvalue weighted by molar-refractivity contribution is -0.137. The molecular formula is C16H15F3N2O3. The van der Waals surface area contributed by atoms with E-state index in [2.05, 4.69) is 10.6 Å². The van der Waals surface area contributed by atoms with Gasteiger partial charge in [-0.2, -0.15) is 13.2 Å². The molecule has 0 saturated carbocycles. The van der Waals surface area contributed by atoms with Gasteiger partial charge in [-0.1, -0.05) is 0 Å². The van der Waals surface area contributed by atoms with E-state index in [0.717, 1.165) is 24.3 Å². The summed E-state index contributed by atoms with van der Waals surface area (Å²) in [4.78, 5) is 23.5. The van der Waals surface area contributed by atoms with Crippen LogP contribution in [0, 0.1) is 0 Å². The fourth-order valence-corrected chi connectivity index (χ4v) is 2.00. The molecule has 1 aromatic carbocycles. The van der Waals surface area contributed by atoms with Crippen LogP contribution in [0.25, 0.3) is 0 Å². The van der Waals surface area contributed by atoms with Crippen LogP contribution in [0.2, 0.25) is 0 Å². The first-order chi connectivity index (χ1) is 11.3. The summed E-state index contributed by atoms with van der Waals surface area (Å²) in [6, 6.07) is 6.93. The Morgan fingerprint density at radius 3 is 2.33 bits per heavy atom. The van der Waals surface area contributed by atoms with Crippen molar-refractivity contribution in [2.75, 3.05) is 5.32 Å². The molecule has 0 fully saturated rings. The summed E-state index contributed by atoms with van der Waals surface area (Å²) < 4.78 is 42.5. The van der Waals surface area contributed by atoms with E-state index in [1.54, 1.807) is 19.1 Å². The second-order valence-electron chi connectivity index (χ2n) is 5.19. The first kappa shape index (κ1) is 17.6. The summed E-state index contributed by atoms with van der Waals surface area (Å²) in [6.45, 7) is 1.70. The minimum absolute atomic E-state index is 0.0989. The monoisotopic (exact) mass is 340 g/mol. The molecule has 1 unspecified atom stereocenters. The number of halogens is 3. The summed E-state index contributed by atoms with van der Waals surface area (Å²) in [5, 5.41) is 4.73. The fourth-order valence-electron chi connectivity index (χ4n) is 2.00. The lowest BCUT2D eigenvalue weighted by atomic mass is 10.2. The van der Waals surface area contributed by atoms with Crippen molar-refractivity contribution in [2.45, 2.75) is 25.6 Å². The minimum Gasteiger partial charge on any atom is -0.469 e. The third kappa shape index (κ3) is 4.87. The van der Waals surface area contributed by atoms with Crippen molar-refractivity contribution in [3.8, 4) is 0 Å². The minimum atomic E-state index is -4.46. The molecule has 1 aromatic heterocycles. The first-order valence-corrected chi connectivity index (χ1v) is 7.07. The van der Waals surface area contributed by atoms with Gasteiger partial charge in [0.15, 0.2) is 0 Å². The molecule has 2 amide bonds. The average molecular weight is 340 g/mol. The van der Waals surface area contributed by atoms with Crippen molar-refractivity contribution in [3.05, 3.63) is 54.0 Å². The SMILES string of the molecule is CC(Cc1ccco1)NC(=O)C(=O)Nc1ccc(C(F)(F)F)cc1. The molecule has 0 aliphatic heterocycles. The van der Waals surface area contributed by atoms with Crippen molar-refractivity contribution in [1.82, 2.24) is 5.32 Å². The van der Waals surface area contributed by atoms with E-state index in [1.165, 1.54) is 6.26 Å². The number of alkyl halides is 3. The predicted molar refractivity (Wildman–Crippen MR) is 80.1 cm³/mol. The average Bonchev–Trinajstić information content (AvgIpc) is 2.99. The summed E-state index contributed by atoms with van der Waals surface area (Å²) in [5.74, 6) is -1.18. The normalized spacial score (nSPS) is 12.5. The third-order valence-corrected chi connectivity index (χ3v) is 3.14. The van der Waals surface area contributed by atoms with Crippen molar-refractivity contribution in [2.24, 2.45) is 0 Å². The second-order valence-corrected chi connectivity index (χ2v) is 5.19. The molecule has 8 heteroatoms. The van der Waals surface area contributed by atoms with Gasteiger partial charge in [0.25, 0.3) is 0 Å². The molecule has 5 nitrogen and oxygen atoms in total. The highest BCUT2D eigenvalue weighted by Gasteiger charge is 2.30. The maximum atomic E-state index is 12.5. The van der Waals surface area contributed by atoms with Gasteiger partial charge in [0.05, 0.1) is 11.8 Å². The smallest absolute Gasteiger partial charge is 0.416 e. The number of nitrogens with one attached hydrogen (secondary N) is 2. The zero-order valence-corrected chi connectivity index (χ0v) is 12.7. The van der Waals surface area contributed by atoms with E-state index in [0.29, 0.717) is 12.2 Å². The summed E-state index contributed by atoms with van der Waals surface area (Å²) in [6.07, 6.45) is -2.55. The van der Waals surface area contributed by atoms with E-state index >= 15 is 0 Å². The number of carbonyl (C=O) groups is 2. The van der Waals surface area contributed by atoms with Crippen LogP contribution in [-0.4, -0.2) is 17.9 Å². The lowest BCUT2D eigenvalue weighted by Gasteiger charge is -2.13. The highest BCUT2D eigenvalue weighted by atomic mass is 19.4. The molecule has 0 aliphatic carbocycles. The maximum Gasteiger partial charge on any atom is 0.416 e. The highest BCUT2D eigenvalue weighted by Crippen LogP contribution is 2.29. The van der Waals surface area contributed by atoms with Gasteiger partial charge >= 0.3 is 18.0 Å². The number of rotatable bonds is 4. The van der Waals surface area contributed by atoms with Crippen LogP contribution in [0.5, 0.6) is 0 Å². The molecule has 0 bridgehead atoms. The van der Waals surface area contributed by atoms with Crippen LogP contribution in [0.15, 0.2) is 47.1 Å². The van der Waals surface area contributed by atoms with Gasteiger partial charge in [-0.15, -0.1) is 0 Å². The van der Waals surface area contributed by atoms with Gasteiger partial charge in [-0.3, -0.25) is 9.59 Å². The van der Waals surface area contributed by atoms with Gasteiger partial charge < -0.3 is 15.1 Å². The summed E-state index contributed by atoms with van der Waals surface area (Å²) >= 11 is 0. The standard InChI is InChI=1S/C16H15F3N2O3/c1-10(9-13-3-2-8-24-13)20-14(22)15(23)21-12-6-4-11(5-7-12)16(17,18)19/h2-8,10H,9H2,1H3,(H,20,22)(H,21,23). The van der Waals surface area contributed by atoms with Gasteiger partial charge in [0.2, 0.25) is 0 Å². The Balaban J connectivity index is 1.88. The number of furan rings is 1. The molecule has 2 aromatic rings. The summed E-state index contributed by atoms with van der Waals surface area (Å²) in [5.41, 5.74) is -0.737. The Bertz CT molecular complexity index is 694. The van der Waals surface area contributed by atoms with Crippen LogP contribution < -0.4 is 10.6 Å². The molecule has 0 aliphatic rings. The van der Waals surface area contributed by atoms with E-state index in [4.69, 9.17) is 4.42 Å². The second kappa shape index (κ2) is 7.20. The van der Waals surface area contributed by atoms with Crippen LogP contribution in [0.1, 0.15) is 18.2 Å². The van der Waals surface area contributed by atoms with Gasteiger partial charge in [-0.25, -0.2) is 0 Å². The van der Waals surface area contributed by atoms with Crippen molar-refractivity contribution < 1.29 is 27.2 Å². The zero-order chi connectivity index (χ0) is 17.7. The molecular weight excluding hydrogens is 325 g/mol. The third-order valence-electron chi connectivity index (χ3n) is 3.14. The molecule has 24 heavy (non-hydrogen) atoms. The van der Waals surface area contributed by atoms with Crippen LogP contribution in [0.3, 0.4) is 0 Å². The number of carbonyl (C=O) groups excluding carboxylic acids is 2. The Labute approximate surface area is 135 Å². The largest absolute Gasteiger partial charge is 0.469 e. The van der Waals surface area contributed by atoms with E-state index in [9.17, 15) is 22.8 Å². The quantitative estimate of drug-likeness (QED) is 0.841. The van der Waals surface area contributed by atoms with Crippen LogP contribution >= 0.6 is 0 Å². The maximum absolute atomic E-state index is 12.5. The van der Waals surface area contributed by atoms with Crippen LogP contribution in [-0.2, 0) is 22.2 Å². The Hall–Kier alpha value is -2.77. The highest BCUT2D eigenvalue weighted by molar-refractivity contribution is 6.39. The van der Waals surface area contributed by atoms with Crippen LogP contribution in [0.4, 0.5) is 18.9 Å². The molecule has 2 N–H and O–H groups in total. The Morgan fingerprint density at radius 1 is 1.12 bits per heavy atom. The van der Waals surface area contributed by atoms with E-state index in [-0.39, 0.29) is 11.7 Å². The number of hydrogen-bond donors (Lipinski definition) is 2. The number of benzene rings is 1. The number of hydrogen-bond acceptors (Lipinski definition) is 3. The Kier molecular flexibility index (Phi) is 5.28.